The van der Waals surface area contributed by atoms with E-state index in [1.165, 1.54) is 11.3 Å². The SMILES string of the molecule is O=C1C=CC=CC(c2ccc(NC(=O)C3C[C@H](NC(=O)c4ccc(Cl)s4)CN3)cc2)C1. The molecule has 2 unspecified atom stereocenters. The normalized spacial score (nSPS) is 22.9. The molecule has 1 fully saturated rings. The van der Waals surface area contributed by atoms with Crippen LogP contribution < -0.4 is 16.0 Å². The fourth-order valence-corrected chi connectivity index (χ4v) is 4.67. The van der Waals surface area contributed by atoms with Gasteiger partial charge in [0.2, 0.25) is 5.91 Å². The molecule has 1 aliphatic carbocycles. The number of benzene rings is 1. The average Bonchev–Trinajstić information content (AvgIpc) is 3.34. The van der Waals surface area contributed by atoms with Gasteiger partial charge in [-0.15, -0.1) is 11.3 Å². The lowest BCUT2D eigenvalue weighted by molar-refractivity contribution is -0.118. The quantitative estimate of drug-likeness (QED) is 0.642. The summed E-state index contributed by atoms with van der Waals surface area (Å²) in [7, 11) is 0. The summed E-state index contributed by atoms with van der Waals surface area (Å²) in [5.41, 5.74) is 1.72. The smallest absolute Gasteiger partial charge is 0.261 e. The Labute approximate surface area is 189 Å². The van der Waals surface area contributed by atoms with Gasteiger partial charge in [-0.2, -0.15) is 0 Å². The number of rotatable bonds is 5. The van der Waals surface area contributed by atoms with Crippen molar-refractivity contribution >= 4 is 46.2 Å². The van der Waals surface area contributed by atoms with Gasteiger partial charge in [-0.25, -0.2) is 0 Å². The van der Waals surface area contributed by atoms with Crippen molar-refractivity contribution in [3.05, 3.63) is 75.5 Å². The van der Waals surface area contributed by atoms with Gasteiger partial charge in [0.1, 0.15) is 0 Å². The van der Waals surface area contributed by atoms with Crippen molar-refractivity contribution in [3.8, 4) is 0 Å². The van der Waals surface area contributed by atoms with Crippen LogP contribution in [0.4, 0.5) is 5.69 Å². The summed E-state index contributed by atoms with van der Waals surface area (Å²) in [6, 6.07) is 10.4. The Morgan fingerprint density at radius 3 is 2.65 bits per heavy atom. The van der Waals surface area contributed by atoms with E-state index in [1.807, 2.05) is 36.4 Å². The first-order valence-corrected chi connectivity index (χ1v) is 11.3. The number of thiophene rings is 1. The number of hydrogen-bond acceptors (Lipinski definition) is 5. The Kier molecular flexibility index (Phi) is 6.65. The lowest BCUT2D eigenvalue weighted by atomic mass is 9.94. The van der Waals surface area contributed by atoms with Crippen LogP contribution >= 0.6 is 22.9 Å². The van der Waals surface area contributed by atoms with Gasteiger partial charge in [-0.1, -0.05) is 42.0 Å². The van der Waals surface area contributed by atoms with E-state index in [0.717, 1.165) is 5.56 Å². The van der Waals surface area contributed by atoms with Gasteiger partial charge in [-0.3, -0.25) is 14.4 Å². The molecule has 2 aromatic rings. The fourth-order valence-electron chi connectivity index (χ4n) is 3.72. The third-order valence-electron chi connectivity index (χ3n) is 5.34. The van der Waals surface area contributed by atoms with Gasteiger partial charge in [-0.05, 0) is 42.3 Å². The molecule has 2 aliphatic rings. The van der Waals surface area contributed by atoms with E-state index in [0.29, 0.717) is 34.3 Å². The van der Waals surface area contributed by atoms with Crippen molar-refractivity contribution < 1.29 is 14.4 Å². The molecule has 2 heterocycles. The maximum Gasteiger partial charge on any atom is 0.261 e. The minimum Gasteiger partial charge on any atom is -0.347 e. The Bertz CT molecular complexity index is 1040. The van der Waals surface area contributed by atoms with Gasteiger partial charge in [0.15, 0.2) is 5.78 Å². The van der Waals surface area contributed by atoms with Crippen LogP contribution in [0, 0.1) is 0 Å². The second-order valence-electron chi connectivity index (χ2n) is 7.60. The number of ketones is 1. The van der Waals surface area contributed by atoms with Crippen LogP contribution in [0.5, 0.6) is 0 Å². The van der Waals surface area contributed by atoms with E-state index >= 15 is 0 Å². The molecule has 31 heavy (non-hydrogen) atoms. The number of hydrogen-bond donors (Lipinski definition) is 3. The zero-order valence-electron chi connectivity index (χ0n) is 16.6. The lowest BCUT2D eigenvalue weighted by Crippen LogP contribution is -2.35. The summed E-state index contributed by atoms with van der Waals surface area (Å²) < 4.78 is 0.566. The van der Waals surface area contributed by atoms with Crippen LogP contribution in [-0.4, -0.2) is 36.2 Å². The van der Waals surface area contributed by atoms with Crippen LogP contribution in [0.25, 0.3) is 0 Å². The molecule has 1 aromatic carbocycles. The van der Waals surface area contributed by atoms with Crippen molar-refractivity contribution in [1.82, 2.24) is 10.6 Å². The van der Waals surface area contributed by atoms with Crippen LogP contribution in [0.2, 0.25) is 4.34 Å². The highest BCUT2D eigenvalue weighted by Crippen LogP contribution is 2.25. The first kappa shape index (κ1) is 21.5. The summed E-state index contributed by atoms with van der Waals surface area (Å²) in [5, 5.41) is 9.02. The van der Waals surface area contributed by atoms with Crippen LogP contribution in [-0.2, 0) is 9.59 Å². The van der Waals surface area contributed by atoms with Gasteiger partial charge >= 0.3 is 0 Å². The Morgan fingerprint density at radius 2 is 1.90 bits per heavy atom. The largest absolute Gasteiger partial charge is 0.347 e. The molecule has 8 heteroatoms. The Hall–Kier alpha value is -2.74. The van der Waals surface area contributed by atoms with E-state index in [4.69, 9.17) is 11.6 Å². The molecule has 4 rings (SSSR count). The highest BCUT2D eigenvalue weighted by Gasteiger charge is 2.30. The molecular formula is C23H22ClN3O3S. The number of amides is 2. The number of anilines is 1. The van der Waals surface area contributed by atoms with E-state index in [1.54, 1.807) is 24.3 Å². The number of halogens is 1. The van der Waals surface area contributed by atoms with E-state index < -0.39 is 0 Å². The number of nitrogens with one attached hydrogen (secondary N) is 3. The molecule has 3 atom stereocenters. The first-order valence-electron chi connectivity index (χ1n) is 10.1. The molecule has 0 radical (unpaired) electrons. The summed E-state index contributed by atoms with van der Waals surface area (Å²) in [5.74, 6) is -0.186. The van der Waals surface area contributed by atoms with Gasteiger partial charge in [0.25, 0.3) is 5.91 Å². The lowest BCUT2D eigenvalue weighted by Gasteiger charge is -2.14. The van der Waals surface area contributed by atoms with Crippen molar-refractivity contribution in [1.29, 1.82) is 0 Å². The third kappa shape index (κ3) is 5.50. The first-order chi connectivity index (χ1) is 15.0. The maximum absolute atomic E-state index is 12.6. The van der Waals surface area contributed by atoms with Crippen molar-refractivity contribution in [2.24, 2.45) is 0 Å². The second-order valence-corrected chi connectivity index (χ2v) is 9.32. The predicted octanol–water partition coefficient (Wildman–Crippen LogP) is 3.67. The molecule has 1 saturated heterocycles. The highest BCUT2D eigenvalue weighted by molar-refractivity contribution is 7.18. The minimum absolute atomic E-state index is 0.0337. The fraction of sp³-hybridized carbons (Fsp3) is 0.261. The van der Waals surface area contributed by atoms with Crippen LogP contribution in [0.1, 0.15) is 34.0 Å². The van der Waals surface area contributed by atoms with E-state index in [9.17, 15) is 14.4 Å². The monoisotopic (exact) mass is 455 g/mol. The van der Waals surface area contributed by atoms with Gasteiger partial charge in [0, 0.05) is 30.6 Å². The predicted molar refractivity (Wildman–Crippen MR) is 123 cm³/mol. The summed E-state index contributed by atoms with van der Waals surface area (Å²) in [6.07, 6.45) is 8.20. The molecule has 1 aliphatic heterocycles. The third-order valence-corrected chi connectivity index (χ3v) is 6.57. The highest BCUT2D eigenvalue weighted by atomic mass is 35.5. The van der Waals surface area contributed by atoms with Crippen LogP contribution in [0.15, 0.2) is 60.7 Å². The van der Waals surface area contributed by atoms with E-state index in [2.05, 4.69) is 16.0 Å². The molecule has 1 aromatic heterocycles. The average molecular weight is 456 g/mol. The van der Waals surface area contributed by atoms with Crippen molar-refractivity contribution in [2.75, 3.05) is 11.9 Å². The number of allylic oxidation sites excluding steroid dienone is 4. The van der Waals surface area contributed by atoms with Gasteiger partial charge < -0.3 is 16.0 Å². The Balaban J connectivity index is 1.29. The topological polar surface area (TPSA) is 87.3 Å². The number of carbonyl (C=O) groups is 3. The molecule has 0 bridgehead atoms. The zero-order chi connectivity index (χ0) is 21.8. The van der Waals surface area contributed by atoms with Crippen LogP contribution in [0.3, 0.4) is 0 Å². The second kappa shape index (κ2) is 9.60. The van der Waals surface area contributed by atoms with Gasteiger partial charge in [0.05, 0.1) is 15.3 Å². The molecule has 0 saturated carbocycles. The molecule has 2 amide bonds. The van der Waals surface area contributed by atoms with Crippen molar-refractivity contribution in [2.45, 2.75) is 30.8 Å². The minimum atomic E-state index is -0.384. The zero-order valence-corrected chi connectivity index (χ0v) is 18.2. The van der Waals surface area contributed by atoms with Crippen molar-refractivity contribution in [3.63, 3.8) is 0 Å². The molecule has 0 spiro atoms. The Morgan fingerprint density at radius 1 is 1.10 bits per heavy atom. The molecule has 6 nitrogen and oxygen atoms in total. The maximum atomic E-state index is 12.6. The molecule has 3 N–H and O–H groups in total. The van der Waals surface area contributed by atoms with E-state index in [-0.39, 0.29) is 35.6 Å². The molecule has 160 valence electrons. The molecular weight excluding hydrogens is 434 g/mol. The summed E-state index contributed by atoms with van der Waals surface area (Å²) >= 11 is 7.11. The number of carbonyl (C=O) groups excluding carboxylic acids is 3. The summed E-state index contributed by atoms with van der Waals surface area (Å²) in [6.45, 7) is 0.526. The standard InChI is InChI=1S/C23H22ClN3O3S/c24-21-10-9-20(31-21)23(30)27-17-12-19(25-13-17)22(29)26-16-7-5-14(6-8-16)15-3-1-2-4-18(28)11-15/h1-10,15,17,19,25H,11-13H2,(H,26,29)(H,27,30)/t15?,17-,19?/m0/s1. The summed E-state index contributed by atoms with van der Waals surface area (Å²) in [4.78, 5) is 37.2.